The summed E-state index contributed by atoms with van der Waals surface area (Å²) >= 11 is 0. The Balaban J connectivity index is 2.66. The zero-order valence-corrected chi connectivity index (χ0v) is 11.8. The zero-order valence-electron chi connectivity index (χ0n) is 11.8. The number of aliphatic hydroxyl groups is 1. The van der Waals surface area contributed by atoms with Crippen LogP contribution in [0.15, 0.2) is 10.5 Å². The van der Waals surface area contributed by atoms with Crippen LogP contribution in [0.4, 0.5) is 0 Å². The Bertz CT molecular complexity index is 372. The van der Waals surface area contributed by atoms with Crippen LogP contribution in [-0.2, 0) is 5.60 Å². The first-order chi connectivity index (χ1) is 7.62. The van der Waals surface area contributed by atoms with E-state index in [-0.39, 0.29) is 5.41 Å². The van der Waals surface area contributed by atoms with Crippen LogP contribution in [0.5, 0.6) is 0 Å². The fourth-order valence-corrected chi connectivity index (χ4v) is 1.94. The minimum Gasteiger partial charge on any atom is -0.466 e. The minimum absolute atomic E-state index is 0.220. The average molecular weight is 239 g/mol. The third-order valence-corrected chi connectivity index (χ3v) is 2.75. The lowest BCUT2D eigenvalue weighted by molar-refractivity contribution is 0.0534. The summed E-state index contributed by atoms with van der Waals surface area (Å²) in [7, 11) is 0. The molecular weight excluding hydrogens is 214 g/mol. The van der Waals surface area contributed by atoms with Crippen LogP contribution in [0.25, 0.3) is 0 Å². The summed E-state index contributed by atoms with van der Waals surface area (Å²) in [5, 5.41) is 13.8. The Hall–Kier alpha value is -0.800. The van der Waals surface area contributed by atoms with Crippen LogP contribution >= 0.6 is 0 Å². The van der Waals surface area contributed by atoms with Crippen LogP contribution in [0.2, 0.25) is 0 Å². The lowest BCUT2D eigenvalue weighted by Gasteiger charge is -2.26. The van der Waals surface area contributed by atoms with Gasteiger partial charge >= 0.3 is 0 Å². The quantitative estimate of drug-likeness (QED) is 0.849. The fourth-order valence-electron chi connectivity index (χ4n) is 1.94. The predicted molar refractivity (Wildman–Crippen MR) is 70.1 cm³/mol. The van der Waals surface area contributed by atoms with Crippen molar-refractivity contribution in [3.05, 3.63) is 23.2 Å². The molecule has 0 saturated heterocycles. The molecule has 3 nitrogen and oxygen atoms in total. The lowest BCUT2D eigenvalue weighted by Crippen LogP contribution is -2.39. The van der Waals surface area contributed by atoms with Gasteiger partial charge in [0, 0.05) is 18.7 Å². The summed E-state index contributed by atoms with van der Waals surface area (Å²) in [5.41, 5.74) is 0.210. The van der Waals surface area contributed by atoms with Crippen molar-refractivity contribution in [3.8, 4) is 0 Å². The summed E-state index contributed by atoms with van der Waals surface area (Å²) in [6.07, 6.45) is 0. The van der Waals surface area contributed by atoms with Crippen molar-refractivity contribution in [2.75, 3.05) is 13.1 Å². The molecule has 0 aromatic carbocycles. The van der Waals surface area contributed by atoms with Crippen molar-refractivity contribution in [2.45, 2.75) is 47.1 Å². The largest absolute Gasteiger partial charge is 0.466 e. The Kier molecular flexibility index (Phi) is 4.05. The number of rotatable bonds is 4. The molecule has 98 valence electrons. The molecule has 0 amide bonds. The molecular formula is C14H25NO2. The van der Waals surface area contributed by atoms with Gasteiger partial charge in [0.2, 0.25) is 0 Å². The predicted octanol–water partition coefficient (Wildman–Crippen LogP) is 2.74. The van der Waals surface area contributed by atoms with Gasteiger partial charge in [-0.25, -0.2) is 0 Å². The number of furan rings is 1. The van der Waals surface area contributed by atoms with E-state index in [1.54, 1.807) is 0 Å². The van der Waals surface area contributed by atoms with Gasteiger partial charge in [0.15, 0.2) is 0 Å². The number of hydrogen-bond donors (Lipinski definition) is 2. The summed E-state index contributed by atoms with van der Waals surface area (Å²) in [4.78, 5) is 0. The highest BCUT2D eigenvalue weighted by Crippen LogP contribution is 2.26. The molecule has 1 heterocycles. The van der Waals surface area contributed by atoms with Gasteiger partial charge in [-0.3, -0.25) is 0 Å². The fraction of sp³-hybridized carbons (Fsp3) is 0.714. The van der Waals surface area contributed by atoms with Gasteiger partial charge in [0.05, 0.1) is 0 Å². The number of nitrogens with one attached hydrogen (secondary N) is 1. The molecule has 3 heteroatoms. The van der Waals surface area contributed by atoms with Crippen LogP contribution in [-0.4, -0.2) is 18.2 Å². The molecule has 1 aromatic heterocycles. The van der Waals surface area contributed by atoms with Crippen molar-refractivity contribution in [1.82, 2.24) is 5.32 Å². The molecule has 0 spiro atoms. The van der Waals surface area contributed by atoms with E-state index in [2.05, 4.69) is 26.1 Å². The molecule has 0 aliphatic rings. The normalized spacial score (nSPS) is 15.9. The Labute approximate surface area is 104 Å². The van der Waals surface area contributed by atoms with Crippen LogP contribution in [0.1, 0.15) is 44.8 Å². The monoisotopic (exact) mass is 239 g/mol. The van der Waals surface area contributed by atoms with E-state index in [9.17, 15) is 5.11 Å². The standard InChI is InChI=1S/C14H25NO2/c1-10-7-12(11(2)17-10)14(6,16)9-15-8-13(3,4)5/h7,15-16H,8-9H2,1-6H3/t14-/m0/s1. The third kappa shape index (κ3) is 4.17. The highest BCUT2D eigenvalue weighted by molar-refractivity contribution is 5.26. The molecule has 0 fully saturated rings. The van der Waals surface area contributed by atoms with Crippen LogP contribution in [0, 0.1) is 19.3 Å². The summed E-state index contributed by atoms with van der Waals surface area (Å²) in [6, 6.07) is 1.91. The van der Waals surface area contributed by atoms with E-state index in [1.807, 2.05) is 26.8 Å². The second kappa shape index (κ2) is 4.83. The third-order valence-electron chi connectivity index (χ3n) is 2.75. The van der Waals surface area contributed by atoms with Gasteiger partial charge in [-0.1, -0.05) is 20.8 Å². The Morgan fingerprint density at radius 2 is 1.76 bits per heavy atom. The maximum atomic E-state index is 10.5. The summed E-state index contributed by atoms with van der Waals surface area (Å²) < 4.78 is 5.46. The first-order valence-corrected chi connectivity index (χ1v) is 6.12. The van der Waals surface area contributed by atoms with Gasteiger partial charge in [-0.05, 0) is 32.3 Å². The molecule has 0 radical (unpaired) electrons. The molecule has 17 heavy (non-hydrogen) atoms. The van der Waals surface area contributed by atoms with Crippen LogP contribution < -0.4 is 5.32 Å². The molecule has 1 atom stereocenters. The molecule has 0 bridgehead atoms. The van der Waals surface area contributed by atoms with Crippen molar-refractivity contribution in [3.63, 3.8) is 0 Å². The zero-order chi connectivity index (χ0) is 13.3. The van der Waals surface area contributed by atoms with E-state index in [1.165, 1.54) is 0 Å². The van der Waals surface area contributed by atoms with Gasteiger partial charge in [0.25, 0.3) is 0 Å². The van der Waals surface area contributed by atoms with Gasteiger partial charge in [0.1, 0.15) is 17.1 Å². The second-order valence-electron chi connectivity index (χ2n) is 6.26. The molecule has 0 aliphatic heterocycles. The number of aryl methyl sites for hydroxylation is 2. The molecule has 0 aliphatic carbocycles. The second-order valence-corrected chi connectivity index (χ2v) is 6.26. The average Bonchev–Trinajstić information content (AvgIpc) is 2.43. The molecule has 0 unspecified atom stereocenters. The SMILES string of the molecule is Cc1cc([C@@](C)(O)CNCC(C)(C)C)c(C)o1. The maximum absolute atomic E-state index is 10.5. The first kappa shape index (κ1) is 14.3. The van der Waals surface area contributed by atoms with Crippen molar-refractivity contribution in [2.24, 2.45) is 5.41 Å². The Morgan fingerprint density at radius 1 is 1.18 bits per heavy atom. The van der Waals surface area contributed by atoms with E-state index < -0.39 is 5.60 Å². The molecule has 0 saturated carbocycles. The van der Waals surface area contributed by atoms with Crippen LogP contribution in [0.3, 0.4) is 0 Å². The van der Waals surface area contributed by atoms with Gasteiger partial charge < -0.3 is 14.8 Å². The first-order valence-electron chi connectivity index (χ1n) is 6.12. The molecule has 2 N–H and O–H groups in total. The minimum atomic E-state index is -0.882. The molecule has 1 aromatic rings. The Morgan fingerprint density at radius 3 is 2.18 bits per heavy atom. The summed E-state index contributed by atoms with van der Waals surface area (Å²) in [5.74, 6) is 1.64. The van der Waals surface area contributed by atoms with E-state index in [4.69, 9.17) is 4.42 Å². The highest BCUT2D eigenvalue weighted by Gasteiger charge is 2.27. The van der Waals surface area contributed by atoms with Gasteiger partial charge in [-0.15, -0.1) is 0 Å². The molecule has 1 rings (SSSR count). The topological polar surface area (TPSA) is 45.4 Å². The van der Waals surface area contributed by atoms with Crippen molar-refractivity contribution in [1.29, 1.82) is 0 Å². The lowest BCUT2D eigenvalue weighted by atomic mass is 9.94. The van der Waals surface area contributed by atoms with E-state index >= 15 is 0 Å². The van der Waals surface area contributed by atoms with Crippen molar-refractivity contribution < 1.29 is 9.52 Å². The maximum Gasteiger partial charge on any atom is 0.107 e. The van der Waals surface area contributed by atoms with Crippen molar-refractivity contribution >= 4 is 0 Å². The summed E-state index contributed by atoms with van der Waals surface area (Å²) in [6.45, 7) is 13.5. The number of hydrogen-bond acceptors (Lipinski definition) is 3. The highest BCUT2D eigenvalue weighted by atomic mass is 16.3. The van der Waals surface area contributed by atoms with Gasteiger partial charge in [-0.2, -0.15) is 0 Å². The van der Waals surface area contributed by atoms with E-state index in [0.717, 1.165) is 23.6 Å². The smallest absolute Gasteiger partial charge is 0.107 e. The van der Waals surface area contributed by atoms with E-state index in [0.29, 0.717) is 6.54 Å².